The van der Waals surface area contributed by atoms with Crippen molar-refractivity contribution in [3.63, 3.8) is 0 Å². The molecule has 3 atom stereocenters. The van der Waals surface area contributed by atoms with Gasteiger partial charge in [-0.2, -0.15) is 0 Å². The average Bonchev–Trinajstić information content (AvgIpc) is 2.67. The van der Waals surface area contributed by atoms with E-state index < -0.39 is 18.1 Å². The molecule has 2 amide bonds. The first-order valence-corrected chi connectivity index (χ1v) is 6.75. The lowest BCUT2D eigenvalue weighted by Crippen LogP contribution is -2.50. The van der Waals surface area contributed by atoms with Crippen molar-refractivity contribution in [2.45, 2.75) is 53.7 Å². The van der Waals surface area contributed by atoms with Gasteiger partial charge >= 0.3 is 6.09 Å². The molecule has 1 fully saturated rings. The molecule has 0 unspecified atom stereocenters. The minimum Gasteiger partial charge on any atom is -0.447 e. The van der Waals surface area contributed by atoms with Crippen LogP contribution in [0.4, 0.5) is 4.79 Å². The number of carbonyl (C=O) groups excluding carboxylic acids is 2. The second-order valence-corrected chi connectivity index (χ2v) is 6.69. The predicted molar refractivity (Wildman–Crippen MR) is 71.4 cm³/mol. The zero-order chi connectivity index (χ0) is 15.0. The van der Waals surface area contributed by atoms with Gasteiger partial charge in [0.05, 0.1) is 18.1 Å². The second-order valence-electron chi connectivity index (χ2n) is 6.69. The number of amides is 2. The highest BCUT2D eigenvalue weighted by Crippen LogP contribution is 2.31. The van der Waals surface area contributed by atoms with Crippen LogP contribution in [0.5, 0.6) is 0 Å². The first kappa shape index (κ1) is 16.0. The number of ether oxygens (including phenoxy) is 1. The van der Waals surface area contributed by atoms with Crippen molar-refractivity contribution in [3.8, 4) is 0 Å². The molecular weight excluding hydrogens is 246 g/mol. The molecule has 0 bridgehead atoms. The number of cyclic esters (lactones) is 1. The fourth-order valence-corrected chi connectivity index (χ4v) is 2.25. The molecule has 1 saturated heterocycles. The Morgan fingerprint density at radius 1 is 1.37 bits per heavy atom. The van der Waals surface area contributed by atoms with E-state index in [4.69, 9.17) is 4.74 Å². The molecule has 0 radical (unpaired) electrons. The number of aliphatic hydroxyl groups is 1. The zero-order valence-corrected chi connectivity index (χ0v) is 12.6. The second kappa shape index (κ2) is 5.49. The maximum Gasteiger partial charge on any atom is 0.417 e. The number of rotatable bonds is 3. The topological polar surface area (TPSA) is 66.8 Å². The summed E-state index contributed by atoms with van der Waals surface area (Å²) < 4.78 is 5.00. The number of aliphatic hydroxyl groups excluding tert-OH is 1. The van der Waals surface area contributed by atoms with Gasteiger partial charge in [-0.3, -0.25) is 4.79 Å². The molecule has 1 N–H and O–H groups in total. The molecule has 5 nitrogen and oxygen atoms in total. The molecule has 0 aliphatic carbocycles. The average molecular weight is 271 g/mol. The monoisotopic (exact) mass is 271 g/mol. The summed E-state index contributed by atoms with van der Waals surface area (Å²) in [6.07, 6.45) is -1.37. The summed E-state index contributed by atoms with van der Waals surface area (Å²) >= 11 is 0. The van der Waals surface area contributed by atoms with Gasteiger partial charge in [0.25, 0.3) is 0 Å². The summed E-state index contributed by atoms with van der Waals surface area (Å²) in [6.45, 7) is 11.4. The number of carbonyl (C=O) groups is 2. The highest BCUT2D eigenvalue weighted by molar-refractivity contribution is 5.95. The minimum absolute atomic E-state index is 0.0364. The molecular formula is C14H25NO4. The van der Waals surface area contributed by atoms with Crippen LogP contribution in [0.2, 0.25) is 0 Å². The lowest BCUT2D eigenvalue weighted by molar-refractivity contribution is -0.138. The largest absolute Gasteiger partial charge is 0.447 e. The molecule has 0 saturated carbocycles. The number of nitrogens with zero attached hydrogens (tertiary/aromatic N) is 1. The number of hydrogen-bond donors (Lipinski definition) is 1. The molecule has 1 aliphatic heterocycles. The Kier molecular flexibility index (Phi) is 4.61. The molecule has 0 spiro atoms. The smallest absolute Gasteiger partial charge is 0.417 e. The van der Waals surface area contributed by atoms with Gasteiger partial charge < -0.3 is 9.84 Å². The summed E-state index contributed by atoms with van der Waals surface area (Å²) in [5.41, 5.74) is -0.246. The van der Waals surface area contributed by atoms with E-state index in [9.17, 15) is 14.7 Å². The Morgan fingerprint density at radius 2 is 1.89 bits per heavy atom. The third-order valence-corrected chi connectivity index (χ3v) is 3.70. The van der Waals surface area contributed by atoms with Crippen LogP contribution in [0.3, 0.4) is 0 Å². The third kappa shape index (κ3) is 3.26. The lowest BCUT2D eigenvalue weighted by atomic mass is 9.85. The van der Waals surface area contributed by atoms with Gasteiger partial charge in [-0.05, 0) is 11.3 Å². The molecule has 19 heavy (non-hydrogen) atoms. The minimum atomic E-state index is -0.762. The first-order valence-electron chi connectivity index (χ1n) is 6.75. The van der Waals surface area contributed by atoms with Gasteiger partial charge in [-0.15, -0.1) is 0 Å². The summed E-state index contributed by atoms with van der Waals surface area (Å²) in [6, 6.07) is -0.283. The quantitative estimate of drug-likeness (QED) is 0.853. The summed E-state index contributed by atoms with van der Waals surface area (Å²) in [7, 11) is 0. The van der Waals surface area contributed by atoms with Crippen molar-refractivity contribution in [2.75, 3.05) is 6.61 Å². The summed E-state index contributed by atoms with van der Waals surface area (Å²) in [5.74, 6) is -1.01. The van der Waals surface area contributed by atoms with Crippen molar-refractivity contribution in [1.82, 2.24) is 4.90 Å². The van der Waals surface area contributed by atoms with Crippen LogP contribution in [0.25, 0.3) is 0 Å². The number of imide groups is 1. The van der Waals surface area contributed by atoms with E-state index in [0.29, 0.717) is 0 Å². The predicted octanol–water partition coefficient (Wildman–Crippen LogP) is 2.03. The highest BCUT2D eigenvalue weighted by atomic mass is 16.6. The third-order valence-electron chi connectivity index (χ3n) is 3.70. The normalized spacial score (nSPS) is 23.5. The lowest BCUT2D eigenvalue weighted by Gasteiger charge is -2.33. The molecule has 5 heteroatoms. The van der Waals surface area contributed by atoms with Gasteiger partial charge in [0, 0.05) is 0 Å². The van der Waals surface area contributed by atoms with Gasteiger partial charge in [0.15, 0.2) is 0 Å². The van der Waals surface area contributed by atoms with Crippen molar-refractivity contribution in [1.29, 1.82) is 0 Å². The fourth-order valence-electron chi connectivity index (χ4n) is 2.25. The van der Waals surface area contributed by atoms with Crippen LogP contribution in [-0.4, -0.2) is 40.8 Å². The van der Waals surface area contributed by atoms with Gasteiger partial charge in [-0.25, -0.2) is 9.69 Å². The molecule has 1 heterocycles. The Bertz CT molecular complexity index is 359. The molecule has 0 aromatic carbocycles. The maximum atomic E-state index is 12.4. The van der Waals surface area contributed by atoms with Crippen LogP contribution in [-0.2, 0) is 9.53 Å². The SMILES string of the molecule is CC(C)[C@@H](O)[C@H](C)C(=O)N1C(=O)OC[C@@H]1C(C)(C)C. The summed E-state index contributed by atoms with van der Waals surface area (Å²) in [4.78, 5) is 25.4. The fraction of sp³-hybridized carbons (Fsp3) is 0.857. The van der Waals surface area contributed by atoms with E-state index in [2.05, 4.69) is 0 Å². The van der Waals surface area contributed by atoms with Gasteiger partial charge in [-0.1, -0.05) is 41.5 Å². The number of hydrogen-bond acceptors (Lipinski definition) is 4. The van der Waals surface area contributed by atoms with Crippen molar-refractivity contribution >= 4 is 12.0 Å². The van der Waals surface area contributed by atoms with Crippen LogP contribution >= 0.6 is 0 Å². The molecule has 1 aliphatic rings. The Balaban J connectivity index is 2.93. The van der Waals surface area contributed by atoms with Crippen molar-refractivity contribution in [2.24, 2.45) is 17.3 Å². The van der Waals surface area contributed by atoms with Crippen LogP contribution < -0.4 is 0 Å². The first-order chi connectivity index (χ1) is 8.57. The Hall–Kier alpha value is -1.10. The molecule has 0 aromatic rings. The Morgan fingerprint density at radius 3 is 2.32 bits per heavy atom. The van der Waals surface area contributed by atoms with E-state index in [1.807, 2.05) is 34.6 Å². The van der Waals surface area contributed by atoms with E-state index >= 15 is 0 Å². The molecule has 0 aromatic heterocycles. The molecule has 1 rings (SSSR count). The van der Waals surface area contributed by atoms with Crippen molar-refractivity contribution in [3.05, 3.63) is 0 Å². The van der Waals surface area contributed by atoms with E-state index in [-0.39, 0.29) is 29.9 Å². The van der Waals surface area contributed by atoms with Crippen LogP contribution in [0.15, 0.2) is 0 Å². The summed E-state index contributed by atoms with van der Waals surface area (Å²) in [5, 5.41) is 10.0. The maximum absolute atomic E-state index is 12.4. The van der Waals surface area contributed by atoms with Crippen LogP contribution in [0.1, 0.15) is 41.5 Å². The van der Waals surface area contributed by atoms with Gasteiger partial charge in [0.2, 0.25) is 5.91 Å². The molecule has 110 valence electrons. The van der Waals surface area contributed by atoms with E-state index in [1.54, 1.807) is 6.92 Å². The standard InChI is InChI=1S/C14H25NO4/c1-8(2)11(16)9(3)12(17)15-10(14(4,5)6)7-19-13(15)18/h8-11,16H,7H2,1-6H3/t9-,10+,11+/m0/s1. The van der Waals surface area contributed by atoms with Gasteiger partial charge in [0.1, 0.15) is 6.61 Å². The van der Waals surface area contributed by atoms with E-state index in [1.165, 1.54) is 4.90 Å². The van der Waals surface area contributed by atoms with E-state index in [0.717, 1.165) is 0 Å². The zero-order valence-electron chi connectivity index (χ0n) is 12.6. The van der Waals surface area contributed by atoms with Crippen molar-refractivity contribution < 1.29 is 19.4 Å². The Labute approximate surface area is 114 Å². The highest BCUT2D eigenvalue weighted by Gasteiger charge is 2.46. The van der Waals surface area contributed by atoms with Crippen LogP contribution in [0, 0.1) is 17.3 Å².